The smallest absolute Gasteiger partial charge is 0.251 e. The van der Waals surface area contributed by atoms with E-state index in [4.69, 9.17) is 9.47 Å². The number of amides is 2. The summed E-state index contributed by atoms with van der Waals surface area (Å²) in [5.74, 6) is 1.69. The topological polar surface area (TPSA) is 67.9 Å². The number of rotatable bonds is 8. The number of carbonyl (C=O) groups excluding carboxylic acids is 2. The second-order valence-electron chi connectivity index (χ2n) is 8.10. The van der Waals surface area contributed by atoms with E-state index >= 15 is 0 Å². The van der Waals surface area contributed by atoms with Gasteiger partial charge in [0, 0.05) is 12.1 Å². The maximum absolute atomic E-state index is 12.9. The number of nitrogens with one attached hydrogen (secondary N) is 1. The molecule has 1 saturated heterocycles. The van der Waals surface area contributed by atoms with Gasteiger partial charge in [-0.25, -0.2) is 0 Å². The molecule has 0 bridgehead atoms. The lowest BCUT2D eigenvalue weighted by Crippen LogP contribution is -2.28. The molecular weight excluding hydrogens is 448 g/mol. The third-order valence-electron chi connectivity index (χ3n) is 5.88. The zero-order valence-electron chi connectivity index (χ0n) is 19.5. The molecule has 4 rings (SSSR count). The molecule has 0 saturated carbocycles. The van der Waals surface area contributed by atoms with Crippen molar-refractivity contribution in [2.45, 2.75) is 24.9 Å². The minimum absolute atomic E-state index is 0.0597. The molecule has 0 aliphatic carbocycles. The van der Waals surface area contributed by atoms with Crippen LogP contribution in [0.25, 0.3) is 0 Å². The SMILES string of the molecule is COc1ccc([C@@H](C)NC(=O)c2ccc([C@@H]3SCC(=O)N3Cc3ccccc3)cc2)cc1OC. The summed E-state index contributed by atoms with van der Waals surface area (Å²) in [6.07, 6.45) is 0. The van der Waals surface area contributed by atoms with Crippen molar-refractivity contribution in [2.75, 3.05) is 20.0 Å². The fourth-order valence-corrected chi connectivity index (χ4v) is 5.15. The lowest BCUT2D eigenvalue weighted by atomic mass is 10.1. The molecule has 0 unspecified atom stereocenters. The van der Waals surface area contributed by atoms with Gasteiger partial charge in [0.05, 0.1) is 26.0 Å². The Kier molecular flexibility index (Phi) is 7.43. The van der Waals surface area contributed by atoms with Crippen molar-refractivity contribution in [2.24, 2.45) is 0 Å². The summed E-state index contributed by atoms with van der Waals surface area (Å²) in [4.78, 5) is 27.3. The Hall–Kier alpha value is -3.45. The molecule has 34 heavy (non-hydrogen) atoms. The number of hydrogen-bond acceptors (Lipinski definition) is 5. The summed E-state index contributed by atoms with van der Waals surface area (Å²) in [6, 6.07) is 22.9. The van der Waals surface area contributed by atoms with Crippen LogP contribution >= 0.6 is 11.8 Å². The van der Waals surface area contributed by atoms with Crippen molar-refractivity contribution < 1.29 is 19.1 Å². The highest BCUT2D eigenvalue weighted by Gasteiger charge is 2.32. The van der Waals surface area contributed by atoms with E-state index in [9.17, 15) is 9.59 Å². The van der Waals surface area contributed by atoms with Gasteiger partial charge in [0.25, 0.3) is 5.91 Å². The van der Waals surface area contributed by atoms with E-state index in [0.717, 1.165) is 16.7 Å². The molecule has 1 aliphatic heterocycles. The van der Waals surface area contributed by atoms with Gasteiger partial charge in [-0.15, -0.1) is 11.8 Å². The van der Waals surface area contributed by atoms with Gasteiger partial charge in [0.15, 0.2) is 11.5 Å². The summed E-state index contributed by atoms with van der Waals surface area (Å²) in [5.41, 5.74) is 3.60. The predicted molar refractivity (Wildman–Crippen MR) is 134 cm³/mol. The van der Waals surface area contributed by atoms with Crippen molar-refractivity contribution in [3.63, 3.8) is 0 Å². The standard InChI is InChI=1S/C27H28N2O4S/c1-18(22-13-14-23(32-2)24(15-22)33-3)28-26(31)20-9-11-21(12-10-20)27-29(25(30)17-34-27)16-19-7-5-4-6-8-19/h4-15,18,27H,16-17H2,1-3H3,(H,28,31)/t18-,27+/m1/s1. The summed E-state index contributed by atoms with van der Waals surface area (Å²) < 4.78 is 10.6. The molecule has 1 fully saturated rings. The molecule has 1 N–H and O–H groups in total. The summed E-state index contributed by atoms with van der Waals surface area (Å²) in [6.45, 7) is 2.50. The summed E-state index contributed by atoms with van der Waals surface area (Å²) in [5, 5.41) is 2.97. The van der Waals surface area contributed by atoms with E-state index in [1.54, 1.807) is 26.0 Å². The highest BCUT2D eigenvalue weighted by atomic mass is 32.2. The number of methoxy groups -OCH3 is 2. The highest BCUT2D eigenvalue weighted by Crippen LogP contribution is 2.39. The average molecular weight is 477 g/mol. The van der Waals surface area contributed by atoms with E-state index in [1.165, 1.54) is 0 Å². The third-order valence-corrected chi connectivity index (χ3v) is 7.13. The maximum atomic E-state index is 12.9. The van der Waals surface area contributed by atoms with Gasteiger partial charge in [-0.05, 0) is 47.9 Å². The molecule has 7 heteroatoms. The number of benzene rings is 3. The lowest BCUT2D eigenvalue weighted by Gasteiger charge is -2.24. The average Bonchev–Trinajstić information content (AvgIpc) is 3.23. The molecule has 2 atom stereocenters. The monoisotopic (exact) mass is 476 g/mol. The van der Waals surface area contributed by atoms with Crippen molar-refractivity contribution in [1.29, 1.82) is 0 Å². The molecule has 176 valence electrons. The minimum atomic E-state index is -0.212. The van der Waals surface area contributed by atoms with Crippen LogP contribution in [-0.2, 0) is 11.3 Å². The second kappa shape index (κ2) is 10.7. The summed E-state index contributed by atoms with van der Waals surface area (Å²) in [7, 11) is 3.18. The van der Waals surface area contributed by atoms with Gasteiger partial charge in [-0.1, -0.05) is 48.5 Å². The van der Waals surface area contributed by atoms with E-state index in [0.29, 0.717) is 29.4 Å². The zero-order valence-corrected chi connectivity index (χ0v) is 20.3. The van der Waals surface area contributed by atoms with E-state index < -0.39 is 0 Å². The maximum Gasteiger partial charge on any atom is 0.251 e. The van der Waals surface area contributed by atoms with Crippen LogP contribution in [0.15, 0.2) is 72.8 Å². The van der Waals surface area contributed by atoms with Crippen LogP contribution in [0.4, 0.5) is 0 Å². The Morgan fingerprint density at radius 3 is 2.41 bits per heavy atom. The number of thioether (sulfide) groups is 1. The zero-order chi connectivity index (χ0) is 24.1. The van der Waals surface area contributed by atoms with Crippen molar-refractivity contribution in [1.82, 2.24) is 10.2 Å². The van der Waals surface area contributed by atoms with Crippen LogP contribution in [0, 0.1) is 0 Å². The van der Waals surface area contributed by atoms with Crippen LogP contribution in [-0.4, -0.2) is 36.7 Å². The second-order valence-corrected chi connectivity index (χ2v) is 9.17. The quantitative estimate of drug-likeness (QED) is 0.497. The summed E-state index contributed by atoms with van der Waals surface area (Å²) >= 11 is 1.61. The minimum Gasteiger partial charge on any atom is -0.493 e. The first-order chi connectivity index (χ1) is 16.5. The van der Waals surface area contributed by atoms with Gasteiger partial charge >= 0.3 is 0 Å². The molecule has 6 nitrogen and oxygen atoms in total. The molecule has 3 aromatic carbocycles. The van der Waals surface area contributed by atoms with Crippen LogP contribution < -0.4 is 14.8 Å². The van der Waals surface area contributed by atoms with Crippen molar-refractivity contribution in [3.05, 3.63) is 95.1 Å². The molecular formula is C27H28N2O4S. The van der Waals surface area contributed by atoms with Crippen molar-refractivity contribution >= 4 is 23.6 Å². The van der Waals surface area contributed by atoms with E-state index in [2.05, 4.69) is 5.32 Å². The number of nitrogens with zero attached hydrogens (tertiary/aromatic N) is 1. The number of carbonyl (C=O) groups is 2. The Morgan fingerprint density at radius 1 is 1.03 bits per heavy atom. The van der Waals surface area contributed by atoms with Crippen LogP contribution in [0.3, 0.4) is 0 Å². The van der Waals surface area contributed by atoms with Crippen molar-refractivity contribution in [3.8, 4) is 11.5 Å². The van der Waals surface area contributed by atoms with Gasteiger partial charge in [-0.3, -0.25) is 9.59 Å². The highest BCUT2D eigenvalue weighted by molar-refractivity contribution is 8.00. The molecule has 0 aromatic heterocycles. The largest absolute Gasteiger partial charge is 0.493 e. The molecule has 2 amide bonds. The first kappa shape index (κ1) is 23.7. The molecule has 3 aromatic rings. The van der Waals surface area contributed by atoms with Gasteiger partial charge in [0.2, 0.25) is 5.91 Å². The predicted octanol–water partition coefficient (Wildman–Crippen LogP) is 4.97. The molecule has 1 heterocycles. The Morgan fingerprint density at radius 2 is 1.74 bits per heavy atom. The fraction of sp³-hybridized carbons (Fsp3) is 0.259. The Balaban J connectivity index is 1.43. The first-order valence-corrected chi connectivity index (χ1v) is 12.1. The number of hydrogen-bond donors (Lipinski definition) is 1. The normalized spacial score (nSPS) is 16.3. The Labute approximate surface area is 204 Å². The van der Waals surface area contributed by atoms with Crippen LogP contribution in [0.1, 0.15) is 45.4 Å². The first-order valence-electron chi connectivity index (χ1n) is 11.1. The number of ether oxygens (including phenoxy) is 2. The van der Waals surface area contributed by atoms with E-state index in [-0.39, 0.29) is 23.2 Å². The Bertz CT molecular complexity index is 1150. The van der Waals surface area contributed by atoms with Crippen LogP contribution in [0.2, 0.25) is 0 Å². The molecule has 0 spiro atoms. The fourth-order valence-electron chi connectivity index (χ4n) is 3.97. The molecule has 1 aliphatic rings. The van der Waals surface area contributed by atoms with Gasteiger partial charge in [0.1, 0.15) is 5.37 Å². The third kappa shape index (κ3) is 5.20. The van der Waals surface area contributed by atoms with Crippen LogP contribution in [0.5, 0.6) is 11.5 Å². The molecule has 0 radical (unpaired) electrons. The van der Waals surface area contributed by atoms with Gasteiger partial charge < -0.3 is 19.7 Å². The van der Waals surface area contributed by atoms with Gasteiger partial charge in [-0.2, -0.15) is 0 Å². The lowest BCUT2D eigenvalue weighted by molar-refractivity contribution is -0.128. The van der Waals surface area contributed by atoms with E-state index in [1.807, 2.05) is 84.6 Å².